The smallest absolute Gasteiger partial charge is 0.229 e. The molecule has 3 aliphatic heterocycles. The quantitative estimate of drug-likeness (QED) is 0.472. The third kappa shape index (κ3) is 4.57. The van der Waals surface area contributed by atoms with E-state index in [1.54, 1.807) is 7.11 Å². The second-order valence-electron chi connectivity index (χ2n) is 9.18. The van der Waals surface area contributed by atoms with E-state index >= 15 is 0 Å². The Labute approximate surface area is 193 Å². The summed E-state index contributed by atoms with van der Waals surface area (Å²) < 4.78 is 7.34. The van der Waals surface area contributed by atoms with Gasteiger partial charge in [-0.25, -0.2) is 4.68 Å². The Kier molecular flexibility index (Phi) is 6.00. The van der Waals surface area contributed by atoms with Gasteiger partial charge in [-0.2, -0.15) is 0 Å². The number of nitrogen functional groups attached to an aromatic ring is 1. The number of para-hydroxylation sites is 1. The Morgan fingerprint density at radius 2 is 2.15 bits per heavy atom. The topological polar surface area (TPSA) is 99.5 Å². The van der Waals surface area contributed by atoms with Gasteiger partial charge in [0.2, 0.25) is 5.91 Å². The lowest BCUT2D eigenvalue weighted by Gasteiger charge is -2.46. The highest BCUT2D eigenvalue weighted by molar-refractivity contribution is 5.79. The van der Waals surface area contributed by atoms with Crippen LogP contribution in [0.3, 0.4) is 0 Å². The van der Waals surface area contributed by atoms with Crippen LogP contribution in [0.2, 0.25) is 0 Å². The normalized spacial score (nSPS) is 23.9. The number of piperidine rings is 3. The van der Waals surface area contributed by atoms with Crippen molar-refractivity contribution in [1.82, 2.24) is 20.3 Å². The molecule has 8 nitrogen and oxygen atoms in total. The Morgan fingerprint density at radius 3 is 2.94 bits per heavy atom. The fourth-order valence-electron chi connectivity index (χ4n) is 5.42. The first kappa shape index (κ1) is 21.5. The van der Waals surface area contributed by atoms with Crippen molar-refractivity contribution in [2.24, 2.45) is 11.8 Å². The number of hydrogen-bond acceptors (Lipinski definition) is 5. The first-order valence-corrected chi connectivity index (χ1v) is 11.6. The number of amides is 1. The maximum Gasteiger partial charge on any atom is 0.229 e. The number of nitrogens with zero attached hydrogens (tertiary/aromatic N) is 3. The second kappa shape index (κ2) is 9.23. The molecule has 1 amide bonds. The average Bonchev–Trinajstić information content (AvgIpc) is 3.31. The fourth-order valence-corrected chi connectivity index (χ4v) is 5.42. The van der Waals surface area contributed by atoms with Crippen molar-refractivity contribution in [2.75, 3.05) is 25.9 Å². The molecule has 0 aliphatic carbocycles. The molecule has 2 bridgehead atoms. The van der Waals surface area contributed by atoms with Crippen LogP contribution in [0.5, 0.6) is 5.75 Å². The molecule has 2 aromatic carbocycles. The Balaban J connectivity index is 1.19. The maximum absolute atomic E-state index is 13.0. The number of nitrogens with two attached hydrogens (primary N) is 1. The molecular formula is C25H31N6O2+. The summed E-state index contributed by atoms with van der Waals surface area (Å²) in [5.74, 6) is 1.45. The third-order valence-corrected chi connectivity index (χ3v) is 7.16. The molecule has 3 aromatic rings. The van der Waals surface area contributed by atoms with Crippen LogP contribution in [-0.2, 0) is 17.9 Å². The van der Waals surface area contributed by atoms with Crippen molar-refractivity contribution < 1.29 is 14.4 Å². The Bertz CT molecular complexity index is 1130. The summed E-state index contributed by atoms with van der Waals surface area (Å²) in [6.45, 7) is 3.31. The lowest BCUT2D eigenvalue weighted by atomic mass is 9.75. The number of nitrogens with one attached hydrogen (secondary N) is 2. The van der Waals surface area contributed by atoms with Crippen LogP contribution in [0.25, 0.3) is 11.3 Å². The van der Waals surface area contributed by atoms with E-state index in [0.29, 0.717) is 18.5 Å². The molecule has 3 aliphatic rings. The number of aromatic nitrogens is 3. The molecule has 3 fully saturated rings. The standard InChI is InChI=1S/C25H30N6O2/c1-33-24-8-3-2-5-19(24)13-27-25(32)22-15-30-10-9-17(22)12-21(30)14-31-16-23(28-29-31)18-6-4-7-20(26)11-18/h2-8,11,16-17,21-22H,9-10,12-15,26H2,1H3,(H,27,32)/p+1/t17-,21-,22+/m1/s1. The van der Waals surface area contributed by atoms with E-state index in [1.807, 2.05) is 59.4 Å². The van der Waals surface area contributed by atoms with E-state index in [2.05, 4.69) is 15.6 Å². The summed E-state index contributed by atoms with van der Waals surface area (Å²) in [5, 5.41) is 11.8. The van der Waals surface area contributed by atoms with Crippen LogP contribution in [0.4, 0.5) is 5.69 Å². The minimum absolute atomic E-state index is 0.0679. The molecule has 3 saturated heterocycles. The maximum atomic E-state index is 13.0. The largest absolute Gasteiger partial charge is 0.496 e. The molecular weight excluding hydrogens is 416 g/mol. The number of rotatable bonds is 7. The molecule has 1 aromatic heterocycles. The van der Waals surface area contributed by atoms with E-state index in [-0.39, 0.29) is 11.8 Å². The van der Waals surface area contributed by atoms with E-state index in [4.69, 9.17) is 10.5 Å². The van der Waals surface area contributed by atoms with Crippen molar-refractivity contribution in [1.29, 1.82) is 0 Å². The SMILES string of the molecule is COc1ccccc1CNC(=O)[C@H]1C[NH+]2CC[C@@H]1C[C@@H]2Cn1cc(-c2cccc(N)c2)nn1. The number of hydrogen-bond donors (Lipinski definition) is 3. The molecule has 4 N–H and O–H groups in total. The van der Waals surface area contributed by atoms with Crippen molar-refractivity contribution in [2.45, 2.75) is 32.0 Å². The first-order chi connectivity index (χ1) is 16.1. The molecule has 1 unspecified atom stereocenters. The summed E-state index contributed by atoms with van der Waals surface area (Å²) in [6.07, 6.45) is 4.13. The first-order valence-electron chi connectivity index (χ1n) is 11.6. The molecule has 8 heteroatoms. The highest BCUT2D eigenvalue weighted by Crippen LogP contribution is 2.28. The van der Waals surface area contributed by atoms with Gasteiger partial charge in [0.15, 0.2) is 0 Å². The molecule has 6 rings (SSSR count). The van der Waals surface area contributed by atoms with E-state index < -0.39 is 0 Å². The Morgan fingerprint density at radius 1 is 1.27 bits per heavy atom. The van der Waals surface area contributed by atoms with Crippen molar-refractivity contribution in [3.05, 3.63) is 60.3 Å². The predicted octanol–water partition coefficient (Wildman–Crippen LogP) is 1.15. The van der Waals surface area contributed by atoms with Gasteiger partial charge >= 0.3 is 0 Å². The van der Waals surface area contributed by atoms with Crippen molar-refractivity contribution >= 4 is 11.6 Å². The lowest BCUT2D eigenvalue weighted by molar-refractivity contribution is -0.945. The van der Waals surface area contributed by atoms with Gasteiger partial charge in [0.25, 0.3) is 0 Å². The molecule has 0 spiro atoms. The summed E-state index contributed by atoms with van der Waals surface area (Å²) in [6, 6.07) is 16.0. The summed E-state index contributed by atoms with van der Waals surface area (Å²) >= 11 is 0. The summed E-state index contributed by atoms with van der Waals surface area (Å²) in [5.41, 5.74) is 9.44. The number of quaternary nitrogens is 1. The fraction of sp³-hybridized carbons (Fsp3) is 0.400. The van der Waals surface area contributed by atoms with E-state index in [1.165, 1.54) is 4.90 Å². The van der Waals surface area contributed by atoms with E-state index in [9.17, 15) is 4.79 Å². The number of benzene rings is 2. The predicted molar refractivity (Wildman–Crippen MR) is 125 cm³/mol. The van der Waals surface area contributed by atoms with E-state index in [0.717, 1.165) is 60.7 Å². The molecule has 172 valence electrons. The number of anilines is 1. The van der Waals surface area contributed by atoms with Crippen molar-refractivity contribution in [3.8, 4) is 17.0 Å². The molecule has 4 heterocycles. The van der Waals surface area contributed by atoms with Crippen LogP contribution in [0.1, 0.15) is 18.4 Å². The summed E-state index contributed by atoms with van der Waals surface area (Å²) in [7, 11) is 1.66. The van der Waals surface area contributed by atoms with Crippen LogP contribution in [-0.4, -0.2) is 47.1 Å². The van der Waals surface area contributed by atoms with Crippen LogP contribution in [0, 0.1) is 11.8 Å². The zero-order valence-corrected chi connectivity index (χ0v) is 18.9. The van der Waals surface area contributed by atoms with Gasteiger partial charge in [0.05, 0.1) is 38.9 Å². The number of carbonyl (C=O) groups excluding carboxylic acids is 1. The van der Waals surface area contributed by atoms with Gasteiger partial charge < -0.3 is 20.7 Å². The number of fused-ring (bicyclic) bond motifs is 3. The molecule has 4 atom stereocenters. The van der Waals surface area contributed by atoms with Crippen molar-refractivity contribution in [3.63, 3.8) is 0 Å². The highest BCUT2D eigenvalue weighted by Gasteiger charge is 2.46. The van der Waals surface area contributed by atoms with Gasteiger partial charge in [-0.15, -0.1) is 5.10 Å². The molecule has 0 radical (unpaired) electrons. The molecule has 33 heavy (non-hydrogen) atoms. The lowest BCUT2D eigenvalue weighted by Crippen LogP contribution is -3.20. The number of ether oxygens (including phenoxy) is 1. The van der Waals surface area contributed by atoms with Gasteiger partial charge in [-0.3, -0.25) is 4.79 Å². The third-order valence-electron chi connectivity index (χ3n) is 7.16. The van der Waals surface area contributed by atoms with Crippen LogP contribution >= 0.6 is 0 Å². The number of carbonyl (C=O) groups is 1. The minimum atomic E-state index is 0.0679. The Hall–Kier alpha value is -3.39. The van der Waals surface area contributed by atoms with Gasteiger partial charge in [-0.1, -0.05) is 35.5 Å². The average molecular weight is 448 g/mol. The molecule has 0 saturated carbocycles. The highest BCUT2D eigenvalue weighted by atomic mass is 16.5. The monoisotopic (exact) mass is 447 g/mol. The zero-order chi connectivity index (χ0) is 22.8. The van der Waals surface area contributed by atoms with Gasteiger partial charge in [0.1, 0.15) is 17.5 Å². The van der Waals surface area contributed by atoms with Crippen LogP contribution in [0.15, 0.2) is 54.7 Å². The summed E-state index contributed by atoms with van der Waals surface area (Å²) in [4.78, 5) is 14.5. The van der Waals surface area contributed by atoms with Crippen LogP contribution < -0.4 is 20.7 Å². The number of methoxy groups -OCH3 is 1. The minimum Gasteiger partial charge on any atom is -0.496 e. The second-order valence-corrected chi connectivity index (χ2v) is 9.18. The van der Waals surface area contributed by atoms with Gasteiger partial charge in [-0.05, 0) is 24.1 Å². The van der Waals surface area contributed by atoms with Gasteiger partial charge in [0, 0.05) is 36.2 Å². The zero-order valence-electron chi connectivity index (χ0n) is 18.9.